The number of nitrogens with zero attached hydrogens (tertiary/aromatic N) is 3. The van der Waals surface area contributed by atoms with Crippen LogP contribution in [0.5, 0.6) is 11.6 Å². The highest BCUT2D eigenvalue weighted by molar-refractivity contribution is 5.85. The maximum absolute atomic E-state index is 5.66. The smallest absolute Gasteiger partial charge is 0.237 e. The van der Waals surface area contributed by atoms with Crippen molar-refractivity contribution in [2.45, 2.75) is 32.5 Å². The molecule has 23 heavy (non-hydrogen) atoms. The average molecular weight is 335 g/mol. The summed E-state index contributed by atoms with van der Waals surface area (Å²) >= 11 is 0. The normalized spacial score (nSPS) is 21.5. The lowest BCUT2D eigenvalue weighted by Gasteiger charge is -2.37. The van der Waals surface area contributed by atoms with Gasteiger partial charge in [-0.2, -0.15) is 0 Å². The fraction of sp³-hybridized carbons (Fsp3) is 0.412. The molecule has 2 atom stereocenters. The van der Waals surface area contributed by atoms with Crippen LogP contribution in [0.15, 0.2) is 42.9 Å². The molecule has 3 rings (SSSR count). The van der Waals surface area contributed by atoms with Crippen LogP contribution in [0.25, 0.3) is 0 Å². The van der Waals surface area contributed by atoms with E-state index in [0.717, 1.165) is 25.4 Å². The second-order valence-electron chi connectivity index (χ2n) is 5.88. The van der Waals surface area contributed by atoms with Crippen LogP contribution in [0, 0.1) is 0 Å². The van der Waals surface area contributed by atoms with E-state index in [1.807, 2.05) is 12.1 Å². The van der Waals surface area contributed by atoms with Crippen LogP contribution in [-0.2, 0) is 6.54 Å². The molecule has 0 spiro atoms. The van der Waals surface area contributed by atoms with Crippen molar-refractivity contribution < 1.29 is 4.74 Å². The van der Waals surface area contributed by atoms with Crippen molar-refractivity contribution in [2.75, 3.05) is 13.1 Å². The van der Waals surface area contributed by atoms with E-state index in [0.29, 0.717) is 18.0 Å². The zero-order valence-electron chi connectivity index (χ0n) is 13.5. The first kappa shape index (κ1) is 17.7. The number of halogens is 1. The minimum atomic E-state index is 0. The highest BCUT2D eigenvalue weighted by Crippen LogP contribution is 2.20. The molecule has 0 bridgehead atoms. The highest BCUT2D eigenvalue weighted by atomic mass is 35.5. The fourth-order valence-electron chi connectivity index (χ4n) is 2.67. The van der Waals surface area contributed by atoms with Crippen LogP contribution in [0.4, 0.5) is 0 Å². The molecule has 1 aliphatic rings. The van der Waals surface area contributed by atoms with Crippen molar-refractivity contribution in [1.29, 1.82) is 0 Å². The van der Waals surface area contributed by atoms with Crippen molar-refractivity contribution in [1.82, 2.24) is 20.2 Å². The molecular formula is C17H23ClN4O. The molecule has 0 aliphatic carbocycles. The maximum Gasteiger partial charge on any atom is 0.237 e. The lowest BCUT2D eigenvalue weighted by Crippen LogP contribution is -2.53. The van der Waals surface area contributed by atoms with Crippen molar-refractivity contribution in [2.24, 2.45) is 0 Å². The lowest BCUT2D eigenvalue weighted by molar-refractivity contribution is 0.139. The standard InChI is InChI=1S/C17H22N4O.ClH/c1-13-11-21(14(2)9-20-13)12-15-3-5-16(6-4-15)22-17-10-18-7-8-19-17;/h3-8,10,13-14,20H,9,11-12H2,1-2H3;1H. The molecular weight excluding hydrogens is 312 g/mol. The van der Waals surface area contributed by atoms with Gasteiger partial charge in [-0.05, 0) is 31.5 Å². The first-order valence-corrected chi connectivity index (χ1v) is 7.71. The molecule has 1 fully saturated rings. The highest BCUT2D eigenvalue weighted by Gasteiger charge is 2.22. The summed E-state index contributed by atoms with van der Waals surface area (Å²) in [7, 11) is 0. The van der Waals surface area contributed by atoms with E-state index in [1.54, 1.807) is 18.6 Å². The molecule has 1 N–H and O–H groups in total. The molecule has 5 nitrogen and oxygen atoms in total. The van der Waals surface area contributed by atoms with Crippen molar-refractivity contribution in [3.05, 3.63) is 48.4 Å². The number of rotatable bonds is 4. The second kappa shape index (κ2) is 8.24. The Morgan fingerprint density at radius 3 is 2.70 bits per heavy atom. The molecule has 2 unspecified atom stereocenters. The lowest BCUT2D eigenvalue weighted by atomic mass is 10.1. The number of ether oxygens (including phenoxy) is 1. The SMILES string of the molecule is CC1CN(Cc2ccc(Oc3cnccn3)cc2)C(C)CN1.Cl. The number of hydrogen-bond acceptors (Lipinski definition) is 5. The molecule has 1 aromatic heterocycles. The van der Waals surface area contributed by atoms with Crippen LogP contribution in [0.1, 0.15) is 19.4 Å². The average Bonchev–Trinajstić information content (AvgIpc) is 2.54. The molecule has 1 saturated heterocycles. The summed E-state index contributed by atoms with van der Waals surface area (Å²) in [5, 5.41) is 3.51. The quantitative estimate of drug-likeness (QED) is 0.931. The van der Waals surface area contributed by atoms with Gasteiger partial charge in [-0.15, -0.1) is 12.4 Å². The second-order valence-corrected chi connectivity index (χ2v) is 5.88. The Hall–Kier alpha value is -1.69. The van der Waals surface area contributed by atoms with E-state index in [2.05, 4.69) is 46.2 Å². The van der Waals surface area contributed by atoms with Crippen LogP contribution in [-0.4, -0.2) is 40.0 Å². The molecule has 0 amide bonds. The first-order valence-electron chi connectivity index (χ1n) is 7.71. The first-order chi connectivity index (χ1) is 10.7. The van der Waals surface area contributed by atoms with Crippen LogP contribution < -0.4 is 10.1 Å². The summed E-state index contributed by atoms with van der Waals surface area (Å²) in [6.45, 7) is 7.60. The van der Waals surface area contributed by atoms with Gasteiger partial charge in [-0.1, -0.05) is 12.1 Å². The zero-order chi connectivity index (χ0) is 15.4. The third-order valence-electron chi connectivity index (χ3n) is 3.96. The van der Waals surface area contributed by atoms with Crippen molar-refractivity contribution >= 4 is 12.4 Å². The summed E-state index contributed by atoms with van der Waals surface area (Å²) in [5.74, 6) is 1.30. The minimum Gasteiger partial charge on any atom is -0.438 e. The van der Waals surface area contributed by atoms with Gasteiger partial charge in [-0.25, -0.2) is 4.98 Å². The third kappa shape index (κ3) is 4.89. The Balaban J connectivity index is 0.00000192. The number of hydrogen-bond donors (Lipinski definition) is 1. The Bertz CT molecular complexity index is 593. The van der Waals surface area contributed by atoms with Gasteiger partial charge < -0.3 is 10.1 Å². The summed E-state index contributed by atoms with van der Waals surface area (Å²) < 4.78 is 5.66. The van der Waals surface area contributed by atoms with E-state index in [9.17, 15) is 0 Å². The molecule has 6 heteroatoms. The topological polar surface area (TPSA) is 50.3 Å². The molecule has 1 aliphatic heterocycles. The number of benzene rings is 1. The van der Waals surface area contributed by atoms with Crippen molar-refractivity contribution in [3.8, 4) is 11.6 Å². The molecule has 124 valence electrons. The van der Waals surface area contributed by atoms with Crippen LogP contribution in [0.2, 0.25) is 0 Å². The van der Waals surface area contributed by atoms with Gasteiger partial charge >= 0.3 is 0 Å². The number of aromatic nitrogens is 2. The van der Waals surface area contributed by atoms with Gasteiger partial charge in [0.25, 0.3) is 0 Å². The van der Waals surface area contributed by atoms with Gasteiger partial charge in [-0.3, -0.25) is 9.88 Å². The molecule has 2 aromatic rings. The fourth-order valence-corrected chi connectivity index (χ4v) is 2.67. The van der Waals surface area contributed by atoms with E-state index in [-0.39, 0.29) is 12.4 Å². The Morgan fingerprint density at radius 2 is 2.00 bits per heavy atom. The van der Waals surface area contributed by atoms with Gasteiger partial charge in [0.2, 0.25) is 5.88 Å². The maximum atomic E-state index is 5.66. The Kier molecular flexibility index (Phi) is 6.33. The Morgan fingerprint density at radius 1 is 1.22 bits per heavy atom. The molecule has 2 heterocycles. The van der Waals surface area contributed by atoms with Crippen LogP contribution >= 0.6 is 12.4 Å². The molecule has 1 aromatic carbocycles. The monoisotopic (exact) mass is 334 g/mol. The van der Waals surface area contributed by atoms with E-state index in [1.165, 1.54) is 5.56 Å². The van der Waals surface area contributed by atoms with E-state index in [4.69, 9.17) is 4.74 Å². The largest absolute Gasteiger partial charge is 0.438 e. The third-order valence-corrected chi connectivity index (χ3v) is 3.96. The van der Waals surface area contributed by atoms with Crippen molar-refractivity contribution in [3.63, 3.8) is 0 Å². The molecule has 0 saturated carbocycles. The van der Waals surface area contributed by atoms with E-state index >= 15 is 0 Å². The van der Waals surface area contributed by atoms with Gasteiger partial charge in [0, 0.05) is 44.1 Å². The predicted molar refractivity (Wildman–Crippen MR) is 93.1 cm³/mol. The zero-order valence-corrected chi connectivity index (χ0v) is 14.3. The minimum absolute atomic E-state index is 0. The molecule has 0 radical (unpaired) electrons. The Labute approximate surface area is 143 Å². The summed E-state index contributed by atoms with van der Waals surface area (Å²) in [4.78, 5) is 10.6. The summed E-state index contributed by atoms with van der Waals surface area (Å²) in [5.41, 5.74) is 1.30. The summed E-state index contributed by atoms with van der Waals surface area (Å²) in [6, 6.07) is 9.32. The van der Waals surface area contributed by atoms with Gasteiger partial charge in [0.05, 0.1) is 6.20 Å². The van der Waals surface area contributed by atoms with Gasteiger partial charge in [0.15, 0.2) is 0 Å². The van der Waals surface area contributed by atoms with Gasteiger partial charge in [0.1, 0.15) is 5.75 Å². The number of nitrogens with one attached hydrogen (secondary N) is 1. The summed E-state index contributed by atoms with van der Waals surface area (Å²) in [6.07, 6.45) is 4.86. The predicted octanol–water partition coefficient (Wildman–Crippen LogP) is 2.87. The number of piperazine rings is 1. The van der Waals surface area contributed by atoms with E-state index < -0.39 is 0 Å². The van der Waals surface area contributed by atoms with Crippen LogP contribution in [0.3, 0.4) is 0 Å².